The average Bonchev–Trinajstić information content (AvgIpc) is 2.17. The lowest BCUT2D eigenvalue weighted by Crippen LogP contribution is -2.19. The molecule has 1 aromatic rings. The molecule has 1 heteroatoms. The van der Waals surface area contributed by atoms with Gasteiger partial charge >= 0.3 is 0 Å². The number of fused-ring (bicyclic) bond motifs is 1. The van der Waals surface area contributed by atoms with E-state index >= 15 is 0 Å². The standard InChI is InChI=1S/C11H12N/c1-2-12-8-7-10-5-3-4-6-11(10)9-12/h3-6,8H,2,9H2,1H3. The van der Waals surface area contributed by atoms with Gasteiger partial charge in [-0.25, -0.2) is 0 Å². The highest BCUT2D eigenvalue weighted by atomic mass is 15.1. The third kappa shape index (κ3) is 1.22. The third-order valence-electron chi connectivity index (χ3n) is 2.20. The summed E-state index contributed by atoms with van der Waals surface area (Å²) in [6.07, 6.45) is 5.31. The van der Waals surface area contributed by atoms with E-state index in [9.17, 15) is 0 Å². The molecule has 0 aliphatic carbocycles. The molecule has 0 saturated heterocycles. The topological polar surface area (TPSA) is 3.24 Å². The Morgan fingerprint density at radius 2 is 2.25 bits per heavy atom. The second-order valence-corrected chi connectivity index (χ2v) is 2.99. The van der Waals surface area contributed by atoms with E-state index in [1.165, 1.54) is 11.1 Å². The molecule has 0 unspecified atom stereocenters. The molecule has 61 valence electrons. The van der Waals surface area contributed by atoms with E-state index in [2.05, 4.69) is 42.2 Å². The van der Waals surface area contributed by atoms with Crippen molar-refractivity contribution in [3.63, 3.8) is 0 Å². The zero-order chi connectivity index (χ0) is 8.39. The van der Waals surface area contributed by atoms with Gasteiger partial charge in [-0.3, -0.25) is 0 Å². The number of hydrogen-bond donors (Lipinski definition) is 0. The van der Waals surface area contributed by atoms with E-state index in [-0.39, 0.29) is 0 Å². The number of rotatable bonds is 1. The van der Waals surface area contributed by atoms with E-state index in [1.54, 1.807) is 0 Å². The van der Waals surface area contributed by atoms with E-state index in [1.807, 2.05) is 6.20 Å². The Balaban J connectivity index is 2.33. The lowest BCUT2D eigenvalue weighted by atomic mass is 10.0. The Hall–Kier alpha value is -1.24. The molecule has 0 amide bonds. The maximum absolute atomic E-state index is 3.26. The molecule has 1 radical (unpaired) electrons. The number of benzene rings is 1. The van der Waals surface area contributed by atoms with Gasteiger partial charge in [0.2, 0.25) is 0 Å². The predicted octanol–water partition coefficient (Wildman–Crippen LogP) is 2.19. The molecule has 1 aliphatic rings. The summed E-state index contributed by atoms with van der Waals surface area (Å²) in [5.74, 6) is 0. The van der Waals surface area contributed by atoms with Crippen molar-refractivity contribution in [2.24, 2.45) is 0 Å². The van der Waals surface area contributed by atoms with Crippen LogP contribution in [0.15, 0.2) is 30.5 Å². The molecule has 0 fully saturated rings. The first-order valence-corrected chi connectivity index (χ1v) is 4.32. The number of hydrogen-bond acceptors (Lipinski definition) is 1. The lowest BCUT2D eigenvalue weighted by Gasteiger charge is -2.23. The Morgan fingerprint density at radius 1 is 1.42 bits per heavy atom. The molecule has 1 nitrogen and oxygen atoms in total. The van der Waals surface area contributed by atoms with Gasteiger partial charge in [-0.2, -0.15) is 0 Å². The van der Waals surface area contributed by atoms with Crippen LogP contribution in [0.4, 0.5) is 0 Å². The molecule has 2 rings (SSSR count). The molecule has 12 heavy (non-hydrogen) atoms. The predicted molar refractivity (Wildman–Crippen MR) is 49.4 cm³/mol. The van der Waals surface area contributed by atoms with Crippen LogP contribution in [0.5, 0.6) is 0 Å². The van der Waals surface area contributed by atoms with Crippen LogP contribution in [0.25, 0.3) is 0 Å². The lowest BCUT2D eigenvalue weighted by molar-refractivity contribution is 0.381. The van der Waals surface area contributed by atoms with Crippen LogP contribution < -0.4 is 0 Å². The van der Waals surface area contributed by atoms with E-state index < -0.39 is 0 Å². The molecule has 0 spiro atoms. The maximum Gasteiger partial charge on any atom is 0.0430 e. The van der Waals surface area contributed by atoms with Gasteiger partial charge < -0.3 is 4.90 Å². The van der Waals surface area contributed by atoms with Crippen molar-refractivity contribution in [2.75, 3.05) is 6.54 Å². The van der Waals surface area contributed by atoms with Gasteiger partial charge in [0.1, 0.15) is 0 Å². The highest BCUT2D eigenvalue weighted by Crippen LogP contribution is 2.16. The summed E-state index contributed by atoms with van der Waals surface area (Å²) < 4.78 is 0. The first kappa shape index (κ1) is 7.41. The van der Waals surface area contributed by atoms with Gasteiger partial charge in [0, 0.05) is 25.4 Å². The minimum absolute atomic E-state index is 1.03. The monoisotopic (exact) mass is 158 g/mol. The molecular weight excluding hydrogens is 146 g/mol. The summed E-state index contributed by atoms with van der Waals surface area (Å²) >= 11 is 0. The zero-order valence-corrected chi connectivity index (χ0v) is 7.25. The molecule has 0 aromatic heterocycles. The van der Waals surface area contributed by atoms with E-state index in [0.717, 1.165) is 13.1 Å². The highest BCUT2D eigenvalue weighted by Gasteiger charge is 2.07. The second-order valence-electron chi connectivity index (χ2n) is 2.99. The fourth-order valence-electron chi connectivity index (χ4n) is 1.43. The van der Waals surface area contributed by atoms with Gasteiger partial charge in [0.15, 0.2) is 0 Å². The van der Waals surface area contributed by atoms with Crippen LogP contribution in [0, 0.1) is 6.08 Å². The van der Waals surface area contributed by atoms with Gasteiger partial charge in [-0.1, -0.05) is 24.3 Å². The summed E-state index contributed by atoms with van der Waals surface area (Å²) in [5, 5.41) is 0. The third-order valence-corrected chi connectivity index (χ3v) is 2.20. The first-order valence-electron chi connectivity index (χ1n) is 4.32. The molecular formula is C11H12N. The van der Waals surface area contributed by atoms with Crippen LogP contribution in [-0.4, -0.2) is 11.4 Å². The normalized spacial score (nSPS) is 14.6. The van der Waals surface area contributed by atoms with E-state index in [0.29, 0.717) is 0 Å². The molecule has 1 aromatic carbocycles. The van der Waals surface area contributed by atoms with Crippen molar-refractivity contribution in [2.45, 2.75) is 13.5 Å². The Kier molecular flexibility index (Phi) is 1.86. The van der Waals surface area contributed by atoms with Gasteiger partial charge in [0.25, 0.3) is 0 Å². The molecule has 0 N–H and O–H groups in total. The Bertz CT molecular complexity index is 302. The van der Waals surface area contributed by atoms with Crippen LogP contribution in [0.2, 0.25) is 0 Å². The highest BCUT2D eigenvalue weighted by molar-refractivity contribution is 5.34. The van der Waals surface area contributed by atoms with Crippen LogP contribution in [0.3, 0.4) is 0 Å². The fraction of sp³-hybridized carbons (Fsp3) is 0.273. The maximum atomic E-state index is 3.26. The molecule has 0 bridgehead atoms. The van der Waals surface area contributed by atoms with Crippen molar-refractivity contribution in [1.82, 2.24) is 4.90 Å². The van der Waals surface area contributed by atoms with E-state index in [4.69, 9.17) is 0 Å². The minimum atomic E-state index is 1.03. The zero-order valence-electron chi connectivity index (χ0n) is 7.25. The van der Waals surface area contributed by atoms with Gasteiger partial charge in [-0.05, 0) is 18.1 Å². The van der Waals surface area contributed by atoms with Crippen molar-refractivity contribution in [3.8, 4) is 0 Å². The first-order chi connectivity index (χ1) is 5.90. The molecule has 0 atom stereocenters. The Labute approximate surface area is 73.3 Å². The average molecular weight is 158 g/mol. The summed E-state index contributed by atoms with van der Waals surface area (Å²) in [6.45, 7) is 4.24. The second kappa shape index (κ2) is 3.02. The van der Waals surface area contributed by atoms with Crippen molar-refractivity contribution < 1.29 is 0 Å². The van der Waals surface area contributed by atoms with Crippen molar-refractivity contribution in [1.29, 1.82) is 0 Å². The van der Waals surface area contributed by atoms with Gasteiger partial charge in [0.05, 0.1) is 0 Å². The summed E-state index contributed by atoms with van der Waals surface area (Å²) in [6, 6.07) is 8.41. The quantitative estimate of drug-likeness (QED) is 0.605. The van der Waals surface area contributed by atoms with Crippen LogP contribution >= 0.6 is 0 Å². The minimum Gasteiger partial charge on any atom is -0.373 e. The Morgan fingerprint density at radius 3 is 3.08 bits per heavy atom. The van der Waals surface area contributed by atoms with Crippen LogP contribution in [-0.2, 0) is 6.54 Å². The number of nitrogens with zero attached hydrogens (tertiary/aromatic N) is 1. The summed E-state index contributed by atoms with van der Waals surface area (Å²) in [7, 11) is 0. The molecule has 0 saturated carbocycles. The van der Waals surface area contributed by atoms with Crippen molar-refractivity contribution >= 4 is 0 Å². The molecule has 1 heterocycles. The SMILES string of the molecule is CCN1C=[C]c2ccccc2C1. The van der Waals surface area contributed by atoms with Gasteiger partial charge in [-0.15, -0.1) is 0 Å². The van der Waals surface area contributed by atoms with Crippen LogP contribution in [0.1, 0.15) is 18.1 Å². The smallest absolute Gasteiger partial charge is 0.0430 e. The van der Waals surface area contributed by atoms with Crippen molar-refractivity contribution in [3.05, 3.63) is 47.7 Å². The summed E-state index contributed by atoms with van der Waals surface area (Å²) in [4.78, 5) is 2.25. The molecule has 1 aliphatic heterocycles. The largest absolute Gasteiger partial charge is 0.373 e. The fourth-order valence-corrected chi connectivity index (χ4v) is 1.43. The summed E-state index contributed by atoms with van der Waals surface area (Å²) in [5.41, 5.74) is 2.61.